The summed E-state index contributed by atoms with van der Waals surface area (Å²) in [5.41, 5.74) is 5.63. The van der Waals surface area contributed by atoms with Crippen molar-refractivity contribution in [1.29, 1.82) is 0 Å². The molecule has 0 unspecified atom stereocenters. The van der Waals surface area contributed by atoms with Crippen LogP contribution < -0.4 is 4.74 Å². The summed E-state index contributed by atoms with van der Waals surface area (Å²) >= 11 is 0. The number of benzene rings is 3. The van der Waals surface area contributed by atoms with Gasteiger partial charge in [0.25, 0.3) is 5.69 Å². The Morgan fingerprint density at radius 3 is 2.50 bits per heavy atom. The molecule has 0 N–H and O–H groups in total. The fourth-order valence-corrected chi connectivity index (χ4v) is 4.00. The van der Waals surface area contributed by atoms with E-state index in [0.717, 1.165) is 50.8 Å². The number of para-hydroxylation sites is 1. The second kappa shape index (κ2) is 7.00. The lowest BCUT2D eigenvalue weighted by molar-refractivity contribution is -0.384. The van der Waals surface area contributed by atoms with Gasteiger partial charge in [-0.05, 0) is 50.1 Å². The minimum atomic E-state index is -0.338. The van der Waals surface area contributed by atoms with Gasteiger partial charge in [-0.3, -0.25) is 10.1 Å². The van der Waals surface area contributed by atoms with Crippen molar-refractivity contribution in [2.24, 2.45) is 0 Å². The summed E-state index contributed by atoms with van der Waals surface area (Å²) in [5.74, 6) is 0.864. The van der Waals surface area contributed by atoms with Gasteiger partial charge in [-0.25, -0.2) is 0 Å². The summed E-state index contributed by atoms with van der Waals surface area (Å²) in [6.45, 7) is 7.58. The third kappa shape index (κ3) is 2.80. The normalized spacial score (nSPS) is 11.2. The Kier molecular flexibility index (Phi) is 4.51. The molecule has 5 heteroatoms. The molecule has 28 heavy (non-hydrogen) atoms. The van der Waals surface area contributed by atoms with E-state index in [0.29, 0.717) is 6.61 Å². The third-order valence-electron chi connectivity index (χ3n) is 5.19. The van der Waals surface area contributed by atoms with Crippen molar-refractivity contribution >= 4 is 27.5 Å². The molecule has 1 heterocycles. The van der Waals surface area contributed by atoms with Crippen molar-refractivity contribution in [3.05, 3.63) is 70.3 Å². The van der Waals surface area contributed by atoms with Crippen LogP contribution in [0.25, 0.3) is 32.9 Å². The van der Waals surface area contributed by atoms with Crippen LogP contribution in [-0.4, -0.2) is 16.1 Å². The molecule has 0 fully saturated rings. The van der Waals surface area contributed by atoms with Gasteiger partial charge in [0.15, 0.2) is 0 Å². The van der Waals surface area contributed by atoms with Crippen molar-refractivity contribution in [1.82, 2.24) is 4.57 Å². The number of ether oxygens (including phenoxy) is 1. The van der Waals surface area contributed by atoms with Crippen LogP contribution >= 0.6 is 0 Å². The molecule has 0 aliphatic heterocycles. The van der Waals surface area contributed by atoms with Gasteiger partial charge in [-0.1, -0.05) is 24.3 Å². The van der Waals surface area contributed by atoms with Crippen LogP contribution in [-0.2, 0) is 6.54 Å². The van der Waals surface area contributed by atoms with E-state index in [1.165, 1.54) is 0 Å². The molecule has 0 aliphatic rings. The summed E-state index contributed by atoms with van der Waals surface area (Å²) in [7, 11) is 0. The third-order valence-corrected chi connectivity index (χ3v) is 5.19. The van der Waals surface area contributed by atoms with Gasteiger partial charge >= 0.3 is 0 Å². The number of aryl methyl sites for hydroxylation is 2. The lowest BCUT2D eigenvalue weighted by Crippen LogP contribution is -1.97. The van der Waals surface area contributed by atoms with Crippen LogP contribution in [0.1, 0.15) is 19.4 Å². The van der Waals surface area contributed by atoms with E-state index in [1.54, 1.807) is 12.1 Å². The number of fused-ring (bicyclic) bond motifs is 3. The molecule has 0 atom stereocenters. The Morgan fingerprint density at radius 2 is 1.82 bits per heavy atom. The molecule has 5 nitrogen and oxygen atoms in total. The van der Waals surface area contributed by atoms with Gasteiger partial charge in [0, 0.05) is 40.5 Å². The van der Waals surface area contributed by atoms with Crippen molar-refractivity contribution in [3.8, 4) is 16.9 Å². The maximum absolute atomic E-state index is 11.3. The fourth-order valence-electron chi connectivity index (χ4n) is 4.00. The zero-order chi connectivity index (χ0) is 19.8. The predicted molar refractivity (Wildman–Crippen MR) is 113 cm³/mol. The minimum Gasteiger partial charge on any atom is -0.494 e. The molecular formula is C23H22N2O3. The van der Waals surface area contributed by atoms with Gasteiger partial charge in [-0.15, -0.1) is 0 Å². The molecule has 0 spiro atoms. The van der Waals surface area contributed by atoms with E-state index < -0.39 is 0 Å². The number of hydrogen-bond donors (Lipinski definition) is 0. The van der Waals surface area contributed by atoms with E-state index in [-0.39, 0.29) is 10.6 Å². The van der Waals surface area contributed by atoms with Crippen LogP contribution in [0, 0.1) is 17.0 Å². The summed E-state index contributed by atoms with van der Waals surface area (Å²) in [5, 5.41) is 13.2. The van der Waals surface area contributed by atoms with Gasteiger partial charge in [0.05, 0.1) is 17.0 Å². The monoisotopic (exact) mass is 374 g/mol. The first-order valence-electron chi connectivity index (χ1n) is 9.48. The highest BCUT2D eigenvalue weighted by Gasteiger charge is 2.17. The molecule has 1 aromatic heterocycles. The fraction of sp³-hybridized carbons (Fsp3) is 0.217. The SMILES string of the molecule is CCOc1ccc(-c2cccc3c4cc([N+](=O)[O-])ccc4n(CC)c23)c(C)c1. The number of nitrogens with zero attached hydrogens (tertiary/aromatic N) is 2. The number of rotatable bonds is 5. The first-order chi connectivity index (χ1) is 13.5. The number of non-ortho nitro benzene ring substituents is 1. The number of nitro benzene ring substituents is 1. The molecule has 0 saturated heterocycles. The van der Waals surface area contributed by atoms with E-state index in [4.69, 9.17) is 4.74 Å². The standard InChI is InChI=1S/C23H22N2O3/c1-4-24-22-12-9-16(25(26)27)14-21(22)20-8-6-7-19(23(20)24)18-11-10-17(28-5-2)13-15(18)3/h6-14H,4-5H2,1-3H3. The Hall–Kier alpha value is -3.34. The number of aromatic nitrogens is 1. The van der Waals surface area contributed by atoms with Crippen LogP contribution in [0.5, 0.6) is 5.75 Å². The predicted octanol–water partition coefficient (Wildman–Crippen LogP) is 6.10. The van der Waals surface area contributed by atoms with Gasteiger partial charge in [-0.2, -0.15) is 0 Å². The summed E-state index contributed by atoms with van der Waals surface area (Å²) < 4.78 is 7.86. The first kappa shape index (κ1) is 18.0. The molecule has 4 rings (SSSR count). The molecule has 4 aromatic rings. The maximum atomic E-state index is 11.3. The van der Waals surface area contributed by atoms with Crippen LogP contribution in [0.4, 0.5) is 5.69 Å². The Labute approximate surface area is 163 Å². The summed E-state index contributed by atoms with van der Waals surface area (Å²) in [6, 6.07) is 17.4. The van der Waals surface area contributed by atoms with Crippen molar-refractivity contribution in [2.45, 2.75) is 27.3 Å². The highest BCUT2D eigenvalue weighted by atomic mass is 16.6. The molecule has 0 saturated carbocycles. The summed E-state index contributed by atoms with van der Waals surface area (Å²) in [6.07, 6.45) is 0. The van der Waals surface area contributed by atoms with Crippen LogP contribution in [0.2, 0.25) is 0 Å². The second-order valence-electron chi connectivity index (χ2n) is 6.81. The molecule has 0 aliphatic carbocycles. The topological polar surface area (TPSA) is 57.3 Å². The van der Waals surface area contributed by atoms with E-state index >= 15 is 0 Å². The summed E-state index contributed by atoms with van der Waals surface area (Å²) in [4.78, 5) is 10.9. The van der Waals surface area contributed by atoms with E-state index in [1.807, 2.05) is 31.2 Å². The molecular weight excluding hydrogens is 352 g/mol. The van der Waals surface area contributed by atoms with Crippen LogP contribution in [0.3, 0.4) is 0 Å². The molecule has 0 amide bonds. The lowest BCUT2D eigenvalue weighted by Gasteiger charge is -2.13. The van der Waals surface area contributed by atoms with E-state index in [2.05, 4.69) is 36.6 Å². The Balaban J connectivity index is 2.03. The average molecular weight is 374 g/mol. The average Bonchev–Trinajstić information content (AvgIpc) is 3.01. The zero-order valence-electron chi connectivity index (χ0n) is 16.2. The van der Waals surface area contributed by atoms with Crippen molar-refractivity contribution in [3.63, 3.8) is 0 Å². The van der Waals surface area contributed by atoms with Crippen molar-refractivity contribution < 1.29 is 9.66 Å². The zero-order valence-corrected chi connectivity index (χ0v) is 16.2. The molecule has 0 radical (unpaired) electrons. The quantitative estimate of drug-likeness (QED) is 0.313. The van der Waals surface area contributed by atoms with Crippen molar-refractivity contribution in [2.75, 3.05) is 6.61 Å². The highest BCUT2D eigenvalue weighted by molar-refractivity contribution is 6.13. The lowest BCUT2D eigenvalue weighted by atomic mass is 9.97. The van der Waals surface area contributed by atoms with Gasteiger partial charge < -0.3 is 9.30 Å². The molecule has 3 aromatic carbocycles. The first-order valence-corrected chi connectivity index (χ1v) is 9.48. The largest absolute Gasteiger partial charge is 0.494 e. The van der Waals surface area contributed by atoms with Gasteiger partial charge in [0.2, 0.25) is 0 Å². The second-order valence-corrected chi connectivity index (χ2v) is 6.81. The maximum Gasteiger partial charge on any atom is 0.270 e. The Bertz CT molecular complexity index is 1210. The highest BCUT2D eigenvalue weighted by Crippen LogP contribution is 2.38. The molecule has 142 valence electrons. The van der Waals surface area contributed by atoms with Crippen LogP contribution in [0.15, 0.2) is 54.6 Å². The number of nitro groups is 1. The molecule has 0 bridgehead atoms. The Morgan fingerprint density at radius 1 is 1.00 bits per heavy atom. The minimum absolute atomic E-state index is 0.116. The van der Waals surface area contributed by atoms with E-state index in [9.17, 15) is 10.1 Å². The number of hydrogen-bond acceptors (Lipinski definition) is 3. The van der Waals surface area contributed by atoms with Gasteiger partial charge in [0.1, 0.15) is 5.75 Å². The smallest absolute Gasteiger partial charge is 0.270 e.